The maximum atomic E-state index is 13.6. The second kappa shape index (κ2) is 11.8. The van der Waals surface area contributed by atoms with E-state index in [0.29, 0.717) is 22.3 Å². The summed E-state index contributed by atoms with van der Waals surface area (Å²) >= 11 is 1.45. The number of hydrogen-bond donors (Lipinski definition) is 1. The van der Waals surface area contributed by atoms with Crippen LogP contribution in [0.2, 0.25) is 0 Å². The lowest BCUT2D eigenvalue weighted by Gasteiger charge is -2.41. The molecule has 3 aromatic rings. The van der Waals surface area contributed by atoms with Crippen LogP contribution in [0, 0.1) is 17.1 Å². The standard InChI is InChI=1S/C27H28FN5OS.ClH/c28-22-12-10-20(11-13-22)24-26(33-16-14-32(15-17-33)23-4-2-1-3-5-23)35-27(30-24)31-25(34)21-8-6-19(18-29)7-9-21;/h6-13,23H,1-5,14-17H2,(H,30,31,34);1H. The van der Waals surface area contributed by atoms with Gasteiger partial charge in [-0.3, -0.25) is 15.0 Å². The van der Waals surface area contributed by atoms with Gasteiger partial charge in [-0.2, -0.15) is 5.26 Å². The molecule has 0 bridgehead atoms. The molecule has 36 heavy (non-hydrogen) atoms. The molecule has 9 heteroatoms. The summed E-state index contributed by atoms with van der Waals surface area (Å²) < 4.78 is 13.6. The van der Waals surface area contributed by atoms with Crippen molar-refractivity contribution in [2.45, 2.75) is 38.1 Å². The first-order valence-corrected chi connectivity index (χ1v) is 13.0. The molecule has 1 aliphatic carbocycles. The summed E-state index contributed by atoms with van der Waals surface area (Å²) in [6.45, 7) is 3.82. The molecule has 0 atom stereocenters. The van der Waals surface area contributed by atoms with E-state index >= 15 is 0 Å². The Labute approximate surface area is 221 Å². The van der Waals surface area contributed by atoms with E-state index in [1.54, 1.807) is 36.4 Å². The Morgan fingerprint density at radius 1 is 1.00 bits per heavy atom. The average Bonchev–Trinajstić information content (AvgIpc) is 3.33. The Hall–Kier alpha value is -2.99. The van der Waals surface area contributed by atoms with Gasteiger partial charge >= 0.3 is 0 Å². The number of aromatic nitrogens is 1. The third-order valence-electron chi connectivity index (χ3n) is 6.92. The smallest absolute Gasteiger partial charge is 0.257 e. The van der Waals surface area contributed by atoms with E-state index in [1.807, 2.05) is 0 Å². The van der Waals surface area contributed by atoms with Crippen molar-refractivity contribution >= 4 is 39.8 Å². The number of nitrogens with one attached hydrogen (secondary N) is 1. The summed E-state index contributed by atoms with van der Waals surface area (Å²) in [5.41, 5.74) is 2.55. The first-order chi connectivity index (χ1) is 17.1. The number of carbonyl (C=O) groups excluding carboxylic acids is 1. The molecule has 188 valence electrons. The van der Waals surface area contributed by atoms with Gasteiger partial charge < -0.3 is 4.90 Å². The largest absolute Gasteiger partial charge is 0.359 e. The maximum Gasteiger partial charge on any atom is 0.257 e. The fourth-order valence-corrected chi connectivity index (χ4v) is 6.01. The van der Waals surface area contributed by atoms with E-state index in [9.17, 15) is 9.18 Å². The van der Waals surface area contributed by atoms with Gasteiger partial charge in [0.1, 0.15) is 16.5 Å². The van der Waals surface area contributed by atoms with E-state index in [0.717, 1.165) is 42.4 Å². The van der Waals surface area contributed by atoms with Crippen LogP contribution >= 0.6 is 23.7 Å². The molecule has 2 aliphatic rings. The second-order valence-corrected chi connectivity index (χ2v) is 10.1. The SMILES string of the molecule is Cl.N#Cc1ccc(C(=O)Nc2nc(-c3ccc(F)cc3)c(N3CCN(C4CCCCC4)CC3)s2)cc1. The molecule has 0 radical (unpaired) electrons. The van der Waals surface area contributed by atoms with Crippen molar-refractivity contribution < 1.29 is 9.18 Å². The van der Waals surface area contributed by atoms with Crippen LogP contribution in [0.25, 0.3) is 11.3 Å². The van der Waals surface area contributed by atoms with E-state index in [2.05, 4.69) is 21.2 Å². The van der Waals surface area contributed by atoms with E-state index < -0.39 is 0 Å². The molecule has 1 saturated heterocycles. The number of carbonyl (C=O) groups is 1. The minimum absolute atomic E-state index is 0. The fourth-order valence-electron chi connectivity index (χ4n) is 4.98. The number of nitrogens with zero attached hydrogens (tertiary/aromatic N) is 4. The zero-order valence-corrected chi connectivity index (χ0v) is 21.6. The van der Waals surface area contributed by atoms with Gasteiger partial charge in [-0.05, 0) is 61.4 Å². The second-order valence-electron chi connectivity index (χ2n) is 9.14. The Morgan fingerprint density at radius 2 is 1.67 bits per heavy atom. The van der Waals surface area contributed by atoms with Crippen LogP contribution in [0.4, 0.5) is 14.5 Å². The molecule has 2 aromatic carbocycles. The van der Waals surface area contributed by atoms with Gasteiger partial charge in [0.25, 0.3) is 5.91 Å². The normalized spacial score (nSPS) is 16.7. The molecule has 2 heterocycles. The van der Waals surface area contributed by atoms with Crippen LogP contribution in [0.5, 0.6) is 0 Å². The Balaban J connectivity index is 0.00000304. The van der Waals surface area contributed by atoms with Crippen molar-refractivity contribution in [3.63, 3.8) is 0 Å². The summed E-state index contributed by atoms with van der Waals surface area (Å²) in [5.74, 6) is -0.566. The third-order valence-corrected chi connectivity index (χ3v) is 7.95. The zero-order valence-electron chi connectivity index (χ0n) is 20.0. The number of hydrogen-bond acceptors (Lipinski definition) is 6. The number of amides is 1. The van der Waals surface area contributed by atoms with Gasteiger partial charge in [0.05, 0.1) is 11.6 Å². The molecule has 2 fully saturated rings. The molecule has 0 spiro atoms. The Morgan fingerprint density at radius 3 is 2.31 bits per heavy atom. The molecule has 0 unspecified atom stereocenters. The minimum atomic E-state index is -0.291. The molecule has 1 aliphatic heterocycles. The van der Waals surface area contributed by atoms with Gasteiger partial charge in [0, 0.05) is 43.3 Å². The molecule has 1 N–H and O–H groups in total. The fraction of sp³-hybridized carbons (Fsp3) is 0.370. The van der Waals surface area contributed by atoms with Crippen LogP contribution in [0.1, 0.15) is 48.0 Å². The summed E-state index contributed by atoms with van der Waals surface area (Å²) in [5, 5.41) is 13.4. The van der Waals surface area contributed by atoms with E-state index in [1.165, 1.54) is 55.6 Å². The predicted octanol–water partition coefficient (Wildman–Crippen LogP) is 5.95. The van der Waals surface area contributed by atoms with Crippen molar-refractivity contribution in [2.75, 3.05) is 36.4 Å². The van der Waals surface area contributed by atoms with Crippen molar-refractivity contribution in [1.29, 1.82) is 5.26 Å². The third kappa shape index (κ3) is 5.86. The molecular formula is C27H29ClFN5OS. The number of thiazole rings is 1. The van der Waals surface area contributed by atoms with Crippen LogP contribution in [-0.4, -0.2) is 48.0 Å². The highest BCUT2D eigenvalue weighted by molar-refractivity contribution is 7.20. The molecule has 1 saturated carbocycles. The molecule has 1 aromatic heterocycles. The monoisotopic (exact) mass is 525 g/mol. The van der Waals surface area contributed by atoms with Crippen LogP contribution in [0.15, 0.2) is 48.5 Å². The van der Waals surface area contributed by atoms with Gasteiger partial charge in [-0.1, -0.05) is 30.6 Å². The highest BCUT2D eigenvalue weighted by Crippen LogP contribution is 2.39. The molecular weight excluding hydrogens is 497 g/mol. The summed E-state index contributed by atoms with van der Waals surface area (Å²) in [4.78, 5) is 22.5. The average molecular weight is 526 g/mol. The van der Waals surface area contributed by atoms with Crippen molar-refractivity contribution in [2.24, 2.45) is 0 Å². The minimum Gasteiger partial charge on any atom is -0.359 e. The van der Waals surface area contributed by atoms with Crippen molar-refractivity contribution in [1.82, 2.24) is 9.88 Å². The summed E-state index contributed by atoms with van der Waals surface area (Å²) in [6.07, 6.45) is 6.61. The topological polar surface area (TPSA) is 72.3 Å². The number of benzene rings is 2. The quantitative estimate of drug-likeness (QED) is 0.445. The Kier molecular flexibility index (Phi) is 8.57. The number of anilines is 2. The molecule has 1 amide bonds. The summed E-state index contributed by atoms with van der Waals surface area (Å²) in [7, 11) is 0. The summed E-state index contributed by atoms with van der Waals surface area (Å²) in [6, 6.07) is 15.6. The van der Waals surface area contributed by atoms with E-state index in [4.69, 9.17) is 10.2 Å². The molecule has 6 nitrogen and oxygen atoms in total. The maximum absolute atomic E-state index is 13.6. The predicted molar refractivity (Wildman–Crippen MR) is 145 cm³/mol. The van der Waals surface area contributed by atoms with Crippen molar-refractivity contribution in [3.8, 4) is 17.3 Å². The molecule has 5 rings (SSSR count). The van der Waals surface area contributed by atoms with Gasteiger partial charge in [0.2, 0.25) is 0 Å². The Bertz CT molecular complexity index is 1210. The first kappa shape index (κ1) is 26.1. The van der Waals surface area contributed by atoms with Crippen LogP contribution in [0.3, 0.4) is 0 Å². The van der Waals surface area contributed by atoms with Gasteiger partial charge in [0.15, 0.2) is 5.13 Å². The van der Waals surface area contributed by atoms with Crippen LogP contribution < -0.4 is 10.2 Å². The lowest BCUT2D eigenvalue weighted by molar-refractivity contribution is 0.102. The lowest BCUT2D eigenvalue weighted by Crippen LogP contribution is -2.50. The zero-order chi connectivity index (χ0) is 24.2. The number of rotatable bonds is 5. The van der Waals surface area contributed by atoms with E-state index in [-0.39, 0.29) is 24.1 Å². The number of piperazine rings is 1. The lowest BCUT2D eigenvalue weighted by atomic mass is 9.94. The van der Waals surface area contributed by atoms with Gasteiger partial charge in [-0.25, -0.2) is 9.37 Å². The van der Waals surface area contributed by atoms with Crippen molar-refractivity contribution in [3.05, 3.63) is 65.5 Å². The first-order valence-electron chi connectivity index (χ1n) is 12.2. The van der Waals surface area contributed by atoms with Gasteiger partial charge in [-0.15, -0.1) is 12.4 Å². The van der Waals surface area contributed by atoms with Crippen LogP contribution in [-0.2, 0) is 0 Å². The highest BCUT2D eigenvalue weighted by atomic mass is 35.5. The number of halogens is 2. The highest BCUT2D eigenvalue weighted by Gasteiger charge is 2.28. The number of nitriles is 1.